The normalized spacial score (nSPS) is 13.5. The quantitative estimate of drug-likeness (QED) is 0.301. The van der Waals surface area contributed by atoms with Gasteiger partial charge in [-0.05, 0) is 18.0 Å². The first-order chi connectivity index (χ1) is 8.60. The van der Waals surface area contributed by atoms with Gasteiger partial charge in [0.2, 0.25) is 0 Å². The number of nitrogens with zero attached hydrogens (tertiary/aromatic N) is 3. The van der Waals surface area contributed by atoms with Crippen molar-refractivity contribution in [3.63, 3.8) is 0 Å². The van der Waals surface area contributed by atoms with Crippen molar-refractivity contribution >= 4 is 5.97 Å². The van der Waals surface area contributed by atoms with E-state index in [0.29, 0.717) is 5.56 Å². The number of aliphatic hydroxyl groups excluding tert-OH is 2. The van der Waals surface area contributed by atoms with Crippen LogP contribution in [0, 0.1) is 0 Å². The lowest BCUT2D eigenvalue weighted by Gasteiger charge is -2.15. The first kappa shape index (κ1) is 14.0. The van der Waals surface area contributed by atoms with E-state index in [0.717, 1.165) is 0 Å². The molecule has 1 aromatic rings. The Labute approximate surface area is 103 Å². The van der Waals surface area contributed by atoms with Crippen LogP contribution in [0.2, 0.25) is 0 Å². The summed E-state index contributed by atoms with van der Waals surface area (Å²) in [5.74, 6) is -0.558. The molecule has 2 atom stereocenters. The lowest BCUT2D eigenvalue weighted by Crippen LogP contribution is -2.18. The van der Waals surface area contributed by atoms with Crippen molar-refractivity contribution in [1.82, 2.24) is 4.98 Å². The van der Waals surface area contributed by atoms with Crippen LogP contribution >= 0.6 is 0 Å². The van der Waals surface area contributed by atoms with E-state index in [1.165, 1.54) is 19.4 Å². The Morgan fingerprint density at radius 1 is 1.67 bits per heavy atom. The number of rotatable bonds is 6. The van der Waals surface area contributed by atoms with Gasteiger partial charge in [-0.15, -0.1) is 0 Å². The number of nitrogens with one attached hydrogen (secondary N) is 1. The fourth-order valence-electron chi connectivity index (χ4n) is 1.42. The zero-order chi connectivity index (χ0) is 13.5. The number of esters is 1. The lowest BCUT2D eigenvalue weighted by atomic mass is 10.1. The van der Waals surface area contributed by atoms with Gasteiger partial charge in [0.1, 0.15) is 11.8 Å². The van der Waals surface area contributed by atoms with E-state index in [4.69, 9.17) is 5.53 Å². The first-order valence-corrected chi connectivity index (χ1v) is 5.23. The lowest BCUT2D eigenvalue weighted by molar-refractivity contribution is 0.0151. The van der Waals surface area contributed by atoms with Gasteiger partial charge in [-0.3, -0.25) is 0 Å². The summed E-state index contributed by atoms with van der Waals surface area (Å²) in [6, 6.07) is 1.40. The maximum absolute atomic E-state index is 11.2. The SMILES string of the molecule is COC(=O)c1cc(C(O)C(O)CCN=[N+]=[N-])c[nH]1. The molecular formula is C10H14N4O4. The molecule has 0 bridgehead atoms. The van der Waals surface area contributed by atoms with Crippen LogP contribution in [0.5, 0.6) is 0 Å². The smallest absolute Gasteiger partial charge is 0.354 e. The highest BCUT2D eigenvalue weighted by Gasteiger charge is 2.20. The molecule has 0 aromatic carbocycles. The van der Waals surface area contributed by atoms with E-state index in [1.54, 1.807) is 0 Å². The molecule has 0 aliphatic heterocycles. The third kappa shape index (κ3) is 3.49. The van der Waals surface area contributed by atoms with E-state index in [9.17, 15) is 15.0 Å². The molecule has 8 heteroatoms. The Morgan fingerprint density at radius 3 is 3.00 bits per heavy atom. The largest absolute Gasteiger partial charge is 0.464 e. The molecule has 0 saturated carbocycles. The second-order valence-corrected chi connectivity index (χ2v) is 3.59. The Balaban J connectivity index is 2.65. The van der Waals surface area contributed by atoms with Crippen LogP contribution in [0.1, 0.15) is 28.6 Å². The molecule has 8 nitrogen and oxygen atoms in total. The summed E-state index contributed by atoms with van der Waals surface area (Å²) in [7, 11) is 1.24. The maximum atomic E-state index is 11.2. The molecule has 0 saturated heterocycles. The number of hydrogen-bond donors (Lipinski definition) is 3. The number of aromatic nitrogens is 1. The number of H-pyrrole nitrogens is 1. The van der Waals surface area contributed by atoms with Crippen molar-refractivity contribution < 1.29 is 19.7 Å². The molecule has 0 fully saturated rings. The molecule has 1 rings (SSSR count). The van der Waals surface area contributed by atoms with Gasteiger partial charge >= 0.3 is 5.97 Å². The minimum atomic E-state index is -1.16. The fraction of sp³-hybridized carbons (Fsp3) is 0.500. The van der Waals surface area contributed by atoms with Gasteiger partial charge in [-0.2, -0.15) is 0 Å². The zero-order valence-corrected chi connectivity index (χ0v) is 9.78. The van der Waals surface area contributed by atoms with Crippen molar-refractivity contribution in [2.75, 3.05) is 13.7 Å². The van der Waals surface area contributed by atoms with Gasteiger partial charge in [0.05, 0.1) is 13.2 Å². The number of ether oxygens (including phenoxy) is 1. The number of azide groups is 1. The second-order valence-electron chi connectivity index (χ2n) is 3.59. The van der Waals surface area contributed by atoms with Gasteiger partial charge in [-0.25, -0.2) is 4.79 Å². The topological polar surface area (TPSA) is 131 Å². The number of hydrogen-bond acceptors (Lipinski definition) is 5. The van der Waals surface area contributed by atoms with E-state index in [-0.39, 0.29) is 18.7 Å². The summed E-state index contributed by atoms with van der Waals surface area (Å²) in [5, 5.41) is 22.7. The molecule has 1 heterocycles. The highest BCUT2D eigenvalue weighted by atomic mass is 16.5. The van der Waals surface area contributed by atoms with Crippen molar-refractivity contribution in [1.29, 1.82) is 0 Å². The van der Waals surface area contributed by atoms with Gasteiger partial charge in [0.15, 0.2) is 0 Å². The maximum Gasteiger partial charge on any atom is 0.354 e. The Hall–Kier alpha value is -2.02. The molecule has 98 valence electrons. The summed E-state index contributed by atoms with van der Waals surface area (Å²) in [6.07, 6.45) is -0.692. The number of aromatic amines is 1. The van der Waals surface area contributed by atoms with Crippen molar-refractivity contribution in [3.05, 3.63) is 34.0 Å². The van der Waals surface area contributed by atoms with Gasteiger partial charge in [0, 0.05) is 23.2 Å². The summed E-state index contributed by atoms with van der Waals surface area (Å²) in [5.41, 5.74) is 8.64. The van der Waals surface area contributed by atoms with Crippen molar-refractivity contribution in [2.45, 2.75) is 18.6 Å². The summed E-state index contributed by atoms with van der Waals surface area (Å²) in [4.78, 5) is 16.4. The average Bonchev–Trinajstić information content (AvgIpc) is 2.86. The first-order valence-electron chi connectivity index (χ1n) is 5.23. The van der Waals surface area contributed by atoms with E-state index in [1.807, 2.05) is 0 Å². The van der Waals surface area contributed by atoms with Crippen LogP contribution in [0.4, 0.5) is 0 Å². The number of methoxy groups -OCH3 is 1. The van der Waals surface area contributed by atoms with Gasteiger partial charge in [0.25, 0.3) is 0 Å². The Morgan fingerprint density at radius 2 is 2.39 bits per heavy atom. The molecule has 0 spiro atoms. The molecule has 0 radical (unpaired) electrons. The Bertz CT molecular complexity index is 452. The van der Waals surface area contributed by atoms with E-state index >= 15 is 0 Å². The van der Waals surface area contributed by atoms with Crippen LogP contribution < -0.4 is 0 Å². The number of carbonyl (C=O) groups is 1. The Kier molecular flexibility index (Phi) is 5.19. The van der Waals surface area contributed by atoms with Crippen LogP contribution in [-0.4, -0.2) is 40.9 Å². The van der Waals surface area contributed by atoms with Crippen molar-refractivity contribution in [3.8, 4) is 0 Å². The highest BCUT2D eigenvalue weighted by Crippen LogP contribution is 2.20. The summed E-state index contributed by atoms with van der Waals surface area (Å²) >= 11 is 0. The number of aliphatic hydroxyl groups is 2. The average molecular weight is 254 g/mol. The zero-order valence-electron chi connectivity index (χ0n) is 9.78. The molecule has 0 aliphatic carbocycles. The molecular weight excluding hydrogens is 240 g/mol. The second kappa shape index (κ2) is 6.65. The standard InChI is InChI=1S/C10H14N4O4/c1-18-10(17)7-4-6(5-12-7)9(16)8(15)2-3-13-14-11/h4-5,8-9,12,15-16H,2-3H2,1H3. The van der Waals surface area contributed by atoms with Gasteiger partial charge in [-0.1, -0.05) is 5.11 Å². The molecule has 18 heavy (non-hydrogen) atoms. The van der Waals surface area contributed by atoms with Crippen LogP contribution in [0.25, 0.3) is 10.4 Å². The van der Waals surface area contributed by atoms with Crippen LogP contribution in [0.15, 0.2) is 17.4 Å². The third-order valence-electron chi connectivity index (χ3n) is 2.40. The number of carbonyl (C=O) groups excluding carboxylic acids is 1. The monoisotopic (exact) mass is 254 g/mol. The minimum Gasteiger partial charge on any atom is -0.464 e. The predicted octanol–water partition coefficient (Wildman–Crippen LogP) is 0.896. The molecule has 0 amide bonds. The minimum absolute atomic E-state index is 0.0863. The third-order valence-corrected chi connectivity index (χ3v) is 2.40. The van der Waals surface area contributed by atoms with E-state index in [2.05, 4.69) is 19.7 Å². The summed E-state index contributed by atoms with van der Waals surface area (Å²) in [6.45, 7) is 0.0863. The molecule has 2 unspecified atom stereocenters. The molecule has 3 N–H and O–H groups in total. The predicted molar refractivity (Wildman–Crippen MR) is 61.7 cm³/mol. The molecule has 1 aromatic heterocycles. The van der Waals surface area contributed by atoms with Gasteiger partial charge < -0.3 is 19.9 Å². The molecule has 0 aliphatic rings. The summed E-state index contributed by atoms with van der Waals surface area (Å²) < 4.78 is 4.50. The van der Waals surface area contributed by atoms with Crippen LogP contribution in [0.3, 0.4) is 0 Å². The van der Waals surface area contributed by atoms with E-state index < -0.39 is 18.2 Å². The fourth-order valence-corrected chi connectivity index (χ4v) is 1.42. The van der Waals surface area contributed by atoms with Crippen LogP contribution in [-0.2, 0) is 4.74 Å². The van der Waals surface area contributed by atoms with Crippen molar-refractivity contribution in [2.24, 2.45) is 5.11 Å². The highest BCUT2D eigenvalue weighted by molar-refractivity contribution is 5.87.